The van der Waals surface area contributed by atoms with Crippen molar-refractivity contribution < 1.29 is 14.2 Å². The zero-order valence-electron chi connectivity index (χ0n) is 7.75. The van der Waals surface area contributed by atoms with Crippen molar-refractivity contribution in [2.24, 2.45) is 0 Å². The minimum atomic E-state index is -0.0600. The molecule has 72 valence electrons. The van der Waals surface area contributed by atoms with Gasteiger partial charge in [0, 0.05) is 6.42 Å². The first kappa shape index (κ1) is 8.50. The van der Waals surface area contributed by atoms with E-state index in [9.17, 15) is 9.59 Å². The van der Waals surface area contributed by atoms with E-state index in [1.54, 1.807) is 12.1 Å². The molecule has 2 fully saturated rings. The topological polar surface area (TPSA) is 49.4 Å². The Morgan fingerprint density at radius 1 is 1.46 bits per heavy atom. The Balaban J connectivity index is 2.22. The van der Waals surface area contributed by atoms with Gasteiger partial charge in [-0.05, 0) is 6.42 Å². The van der Waals surface area contributed by atoms with Gasteiger partial charge in [-0.1, -0.05) is 0 Å². The molecular formula is C8H14N3O2+. The number of urea groups is 1. The Kier molecular flexibility index (Phi) is 1.76. The van der Waals surface area contributed by atoms with Crippen LogP contribution in [0.5, 0.6) is 0 Å². The van der Waals surface area contributed by atoms with Gasteiger partial charge >= 0.3 is 6.03 Å². The van der Waals surface area contributed by atoms with E-state index in [0.29, 0.717) is 26.1 Å². The number of hydrogen-bond acceptors (Lipinski definition) is 2. The molecule has 1 unspecified atom stereocenters. The summed E-state index contributed by atoms with van der Waals surface area (Å²) in [4.78, 5) is 22.9. The number of carbonyl (C=O) groups is 2. The highest BCUT2D eigenvalue weighted by Gasteiger charge is 2.47. The SMILES string of the molecule is C[N+]1(N2CCCC2=O)CCNC1=O. The maximum Gasteiger partial charge on any atom is 0.441 e. The zero-order valence-corrected chi connectivity index (χ0v) is 7.75. The molecule has 0 aliphatic carbocycles. The van der Waals surface area contributed by atoms with Crippen molar-refractivity contribution in [3.8, 4) is 0 Å². The molecule has 2 aliphatic heterocycles. The fourth-order valence-electron chi connectivity index (χ4n) is 1.98. The molecule has 1 N–H and O–H groups in total. The monoisotopic (exact) mass is 184 g/mol. The number of carbonyl (C=O) groups excluding carboxylic acids is 2. The van der Waals surface area contributed by atoms with Crippen LogP contribution in [0.4, 0.5) is 4.79 Å². The summed E-state index contributed by atoms with van der Waals surface area (Å²) in [5.74, 6) is 0.0968. The number of amides is 3. The Morgan fingerprint density at radius 3 is 2.69 bits per heavy atom. The molecule has 2 aliphatic rings. The molecule has 3 amide bonds. The summed E-state index contributed by atoms with van der Waals surface area (Å²) in [6, 6.07) is -0.0600. The zero-order chi connectivity index (χ0) is 9.47. The summed E-state index contributed by atoms with van der Waals surface area (Å²) in [6.07, 6.45) is 1.46. The normalized spacial score (nSPS) is 34.1. The number of likely N-dealkylation sites (N-methyl/N-ethyl adjacent to an activating group) is 1. The molecule has 5 heteroatoms. The maximum absolute atomic E-state index is 11.5. The van der Waals surface area contributed by atoms with Gasteiger partial charge in [0.05, 0.1) is 13.1 Å². The average Bonchev–Trinajstić information content (AvgIpc) is 2.62. The van der Waals surface area contributed by atoms with Crippen molar-refractivity contribution in [2.75, 3.05) is 26.7 Å². The molecule has 1 atom stereocenters. The van der Waals surface area contributed by atoms with Crippen LogP contribution in [0.25, 0.3) is 0 Å². The largest absolute Gasteiger partial charge is 0.441 e. The van der Waals surface area contributed by atoms with Crippen LogP contribution in [-0.2, 0) is 4.79 Å². The predicted octanol–water partition coefficient (Wildman–Crippen LogP) is -0.306. The Labute approximate surface area is 76.9 Å². The number of quaternary nitrogens is 1. The highest BCUT2D eigenvalue weighted by atomic mass is 16.2. The number of rotatable bonds is 1. The van der Waals surface area contributed by atoms with Gasteiger partial charge in [-0.3, -0.25) is 10.1 Å². The standard InChI is InChI=1S/C8H13N3O2/c1-11(6-4-9-8(11)13)10-5-2-3-7(10)12/h2-6H2,1H3/p+1. The second kappa shape index (κ2) is 2.70. The Bertz CT molecular complexity index is 266. The third kappa shape index (κ3) is 1.11. The Hall–Kier alpha value is -1.10. The van der Waals surface area contributed by atoms with Gasteiger partial charge in [0.15, 0.2) is 0 Å². The molecule has 2 rings (SSSR count). The smallest absolute Gasteiger partial charge is 0.298 e. The number of hydrogen-bond donors (Lipinski definition) is 1. The van der Waals surface area contributed by atoms with E-state index in [1.807, 2.05) is 0 Å². The van der Waals surface area contributed by atoms with Gasteiger partial charge in [0.2, 0.25) is 0 Å². The van der Waals surface area contributed by atoms with Gasteiger partial charge in [0.25, 0.3) is 5.91 Å². The third-order valence-electron chi connectivity index (χ3n) is 2.84. The quantitative estimate of drug-likeness (QED) is 0.568. The average molecular weight is 184 g/mol. The first-order valence-electron chi connectivity index (χ1n) is 4.59. The summed E-state index contributed by atoms with van der Waals surface area (Å²) in [7, 11) is 1.80. The fraction of sp³-hybridized carbons (Fsp3) is 0.750. The summed E-state index contributed by atoms with van der Waals surface area (Å²) in [5.41, 5.74) is 0. The van der Waals surface area contributed by atoms with Crippen LogP contribution in [0.2, 0.25) is 0 Å². The molecule has 2 saturated heterocycles. The fourth-order valence-corrected chi connectivity index (χ4v) is 1.98. The first-order valence-corrected chi connectivity index (χ1v) is 4.59. The molecule has 0 aromatic heterocycles. The molecule has 0 radical (unpaired) electrons. The van der Waals surface area contributed by atoms with Crippen LogP contribution in [-0.4, -0.2) is 48.2 Å². The third-order valence-corrected chi connectivity index (χ3v) is 2.84. The van der Waals surface area contributed by atoms with E-state index in [1.165, 1.54) is 0 Å². The van der Waals surface area contributed by atoms with Crippen molar-refractivity contribution in [1.29, 1.82) is 0 Å². The van der Waals surface area contributed by atoms with E-state index in [2.05, 4.69) is 5.32 Å². The Morgan fingerprint density at radius 2 is 2.23 bits per heavy atom. The maximum atomic E-state index is 11.5. The molecule has 0 aromatic carbocycles. The van der Waals surface area contributed by atoms with Gasteiger partial charge < -0.3 is 0 Å². The molecule has 5 nitrogen and oxygen atoms in total. The lowest BCUT2D eigenvalue weighted by Gasteiger charge is -2.32. The van der Waals surface area contributed by atoms with Gasteiger partial charge in [0.1, 0.15) is 13.6 Å². The van der Waals surface area contributed by atoms with Crippen LogP contribution in [0.1, 0.15) is 12.8 Å². The van der Waals surface area contributed by atoms with Crippen LogP contribution in [0, 0.1) is 0 Å². The van der Waals surface area contributed by atoms with Crippen molar-refractivity contribution >= 4 is 11.9 Å². The summed E-state index contributed by atoms with van der Waals surface area (Å²) in [6.45, 7) is 2.06. The van der Waals surface area contributed by atoms with Crippen LogP contribution < -0.4 is 5.32 Å². The van der Waals surface area contributed by atoms with E-state index < -0.39 is 0 Å². The lowest BCUT2D eigenvalue weighted by molar-refractivity contribution is -0.926. The summed E-state index contributed by atoms with van der Waals surface area (Å²) < 4.78 is 0.124. The van der Waals surface area contributed by atoms with Crippen molar-refractivity contribution in [3.63, 3.8) is 0 Å². The molecule has 2 heterocycles. The second-order valence-corrected chi connectivity index (χ2v) is 3.72. The minimum absolute atomic E-state index is 0.0600. The first-order chi connectivity index (χ1) is 6.14. The highest BCUT2D eigenvalue weighted by Crippen LogP contribution is 2.21. The van der Waals surface area contributed by atoms with Gasteiger partial charge in [-0.15, -0.1) is 4.59 Å². The molecule has 0 spiro atoms. The number of nitrogens with one attached hydrogen (secondary N) is 1. The number of nitrogens with zero attached hydrogens (tertiary/aromatic N) is 2. The highest BCUT2D eigenvalue weighted by molar-refractivity contribution is 5.79. The molecule has 0 saturated carbocycles. The molecule has 13 heavy (non-hydrogen) atoms. The lowest BCUT2D eigenvalue weighted by Crippen LogP contribution is -2.59. The van der Waals surface area contributed by atoms with Crippen molar-refractivity contribution in [1.82, 2.24) is 10.3 Å². The van der Waals surface area contributed by atoms with E-state index in [0.717, 1.165) is 6.42 Å². The summed E-state index contributed by atoms with van der Waals surface area (Å²) in [5, 5.41) is 4.42. The van der Waals surface area contributed by atoms with Crippen molar-refractivity contribution in [2.45, 2.75) is 12.8 Å². The van der Waals surface area contributed by atoms with Crippen LogP contribution in [0.3, 0.4) is 0 Å². The minimum Gasteiger partial charge on any atom is -0.298 e. The van der Waals surface area contributed by atoms with Crippen LogP contribution in [0.15, 0.2) is 0 Å². The van der Waals surface area contributed by atoms with Crippen LogP contribution >= 0.6 is 0 Å². The van der Waals surface area contributed by atoms with E-state index in [4.69, 9.17) is 0 Å². The summed E-state index contributed by atoms with van der Waals surface area (Å²) >= 11 is 0. The van der Waals surface area contributed by atoms with Gasteiger partial charge in [-0.2, -0.15) is 5.01 Å². The van der Waals surface area contributed by atoms with E-state index >= 15 is 0 Å². The van der Waals surface area contributed by atoms with E-state index in [-0.39, 0.29) is 16.5 Å². The van der Waals surface area contributed by atoms with Gasteiger partial charge in [-0.25, -0.2) is 4.79 Å². The lowest BCUT2D eigenvalue weighted by atomic mass is 10.4. The second-order valence-electron chi connectivity index (χ2n) is 3.72. The molecule has 0 aromatic rings. The molecule has 0 bridgehead atoms. The van der Waals surface area contributed by atoms with Crippen molar-refractivity contribution in [3.05, 3.63) is 0 Å². The predicted molar refractivity (Wildman–Crippen MR) is 45.4 cm³/mol. The molecular weight excluding hydrogens is 170 g/mol.